The second-order valence-corrected chi connectivity index (χ2v) is 7.98. The highest BCUT2D eigenvalue weighted by atomic mass is 16.3. The number of rotatable bonds is 7. The summed E-state index contributed by atoms with van der Waals surface area (Å²) in [6.45, 7) is 2.05. The van der Waals surface area contributed by atoms with Crippen molar-refractivity contribution in [2.45, 2.75) is 25.9 Å². The van der Waals surface area contributed by atoms with Gasteiger partial charge in [0.1, 0.15) is 5.76 Å². The first-order chi connectivity index (χ1) is 15.7. The molecule has 0 aliphatic carbocycles. The van der Waals surface area contributed by atoms with Crippen LogP contribution in [0.5, 0.6) is 0 Å². The molecule has 0 spiro atoms. The Morgan fingerprint density at radius 2 is 1.84 bits per heavy atom. The quantitative estimate of drug-likeness (QED) is 0.529. The number of carbonyl (C=O) groups excluding carboxylic acids is 2. The SMILES string of the molecule is O=C(C=Cc1ccccc1)N1CCC(C(=O)N(Cc2cccnc2)Cc2ccco2)CC1. The predicted molar refractivity (Wildman–Crippen MR) is 122 cm³/mol. The Morgan fingerprint density at radius 1 is 1.03 bits per heavy atom. The molecule has 6 heteroatoms. The zero-order chi connectivity index (χ0) is 22.2. The summed E-state index contributed by atoms with van der Waals surface area (Å²) in [7, 11) is 0. The second kappa shape index (κ2) is 10.6. The number of amides is 2. The molecule has 3 heterocycles. The lowest BCUT2D eigenvalue weighted by Crippen LogP contribution is -2.43. The average molecular weight is 430 g/mol. The van der Waals surface area contributed by atoms with E-state index in [0.29, 0.717) is 39.0 Å². The minimum atomic E-state index is -0.108. The molecule has 0 atom stereocenters. The number of piperidine rings is 1. The van der Waals surface area contributed by atoms with Crippen LogP contribution in [0.2, 0.25) is 0 Å². The van der Waals surface area contributed by atoms with E-state index in [2.05, 4.69) is 4.98 Å². The Kier molecular flexibility index (Phi) is 7.12. The number of benzene rings is 1. The Labute approximate surface area is 188 Å². The number of hydrogen-bond acceptors (Lipinski definition) is 4. The minimum absolute atomic E-state index is 0.0115. The summed E-state index contributed by atoms with van der Waals surface area (Å²) in [4.78, 5) is 33.7. The largest absolute Gasteiger partial charge is 0.467 e. The fourth-order valence-corrected chi connectivity index (χ4v) is 3.96. The van der Waals surface area contributed by atoms with Crippen LogP contribution in [0.25, 0.3) is 6.08 Å². The molecule has 1 fully saturated rings. The van der Waals surface area contributed by atoms with Crippen molar-refractivity contribution in [1.82, 2.24) is 14.8 Å². The number of pyridine rings is 1. The van der Waals surface area contributed by atoms with Crippen molar-refractivity contribution < 1.29 is 14.0 Å². The van der Waals surface area contributed by atoms with Crippen LogP contribution in [0.1, 0.15) is 29.7 Å². The summed E-state index contributed by atoms with van der Waals surface area (Å²) in [6.07, 6.45) is 9.89. The third-order valence-corrected chi connectivity index (χ3v) is 5.71. The van der Waals surface area contributed by atoms with E-state index in [1.165, 1.54) is 0 Å². The molecule has 0 bridgehead atoms. The third-order valence-electron chi connectivity index (χ3n) is 5.71. The summed E-state index contributed by atoms with van der Waals surface area (Å²) in [5, 5.41) is 0. The van der Waals surface area contributed by atoms with Crippen LogP contribution < -0.4 is 0 Å². The number of hydrogen-bond donors (Lipinski definition) is 0. The molecule has 164 valence electrons. The average Bonchev–Trinajstić information content (AvgIpc) is 3.36. The normalized spacial score (nSPS) is 14.6. The predicted octanol–water partition coefficient (Wildman–Crippen LogP) is 4.16. The van der Waals surface area contributed by atoms with Crippen molar-refractivity contribution in [1.29, 1.82) is 0 Å². The van der Waals surface area contributed by atoms with E-state index in [1.54, 1.807) is 24.7 Å². The number of carbonyl (C=O) groups is 2. The van der Waals surface area contributed by atoms with Gasteiger partial charge in [-0.1, -0.05) is 36.4 Å². The summed E-state index contributed by atoms with van der Waals surface area (Å²) in [5.41, 5.74) is 1.97. The monoisotopic (exact) mass is 429 g/mol. The van der Waals surface area contributed by atoms with Gasteiger partial charge in [0.15, 0.2) is 0 Å². The molecule has 2 amide bonds. The molecule has 3 aromatic rings. The van der Waals surface area contributed by atoms with E-state index in [-0.39, 0.29) is 17.7 Å². The maximum absolute atomic E-state index is 13.4. The van der Waals surface area contributed by atoms with Crippen molar-refractivity contribution in [3.8, 4) is 0 Å². The Bertz CT molecular complexity index is 1020. The van der Waals surface area contributed by atoms with Crippen LogP contribution in [0.4, 0.5) is 0 Å². The van der Waals surface area contributed by atoms with E-state index in [0.717, 1.165) is 16.9 Å². The molecule has 1 aliphatic heterocycles. The summed E-state index contributed by atoms with van der Waals surface area (Å²) in [5.74, 6) is 0.726. The van der Waals surface area contributed by atoms with Crippen LogP contribution in [-0.4, -0.2) is 39.7 Å². The molecule has 0 saturated carbocycles. The van der Waals surface area contributed by atoms with Gasteiger partial charge in [0.25, 0.3) is 0 Å². The van der Waals surface area contributed by atoms with Crippen LogP contribution in [-0.2, 0) is 22.7 Å². The van der Waals surface area contributed by atoms with Crippen LogP contribution >= 0.6 is 0 Å². The highest BCUT2D eigenvalue weighted by molar-refractivity contribution is 5.92. The molecule has 1 aliphatic rings. The van der Waals surface area contributed by atoms with Gasteiger partial charge >= 0.3 is 0 Å². The minimum Gasteiger partial charge on any atom is -0.467 e. The molecule has 6 nitrogen and oxygen atoms in total. The van der Waals surface area contributed by atoms with Crippen molar-refractivity contribution in [3.05, 3.63) is 96.2 Å². The summed E-state index contributed by atoms with van der Waals surface area (Å²) < 4.78 is 5.48. The first kappa shape index (κ1) is 21.6. The number of likely N-dealkylation sites (tertiary alicyclic amines) is 1. The number of aromatic nitrogens is 1. The third kappa shape index (κ3) is 5.72. The van der Waals surface area contributed by atoms with E-state index in [4.69, 9.17) is 4.42 Å². The highest BCUT2D eigenvalue weighted by Crippen LogP contribution is 2.23. The fraction of sp³-hybridized carbons (Fsp3) is 0.269. The van der Waals surface area contributed by atoms with Gasteiger partial charge in [0.2, 0.25) is 11.8 Å². The molecule has 4 rings (SSSR count). The van der Waals surface area contributed by atoms with Crippen molar-refractivity contribution in [2.75, 3.05) is 13.1 Å². The lowest BCUT2D eigenvalue weighted by Gasteiger charge is -2.33. The first-order valence-corrected chi connectivity index (χ1v) is 10.9. The van der Waals surface area contributed by atoms with Gasteiger partial charge in [-0.15, -0.1) is 0 Å². The van der Waals surface area contributed by atoms with E-state index >= 15 is 0 Å². The Balaban J connectivity index is 1.36. The van der Waals surface area contributed by atoms with E-state index in [9.17, 15) is 9.59 Å². The van der Waals surface area contributed by atoms with Gasteiger partial charge in [-0.25, -0.2) is 0 Å². The van der Waals surface area contributed by atoms with Crippen LogP contribution in [0.15, 0.2) is 83.7 Å². The van der Waals surface area contributed by atoms with E-state index in [1.807, 2.05) is 70.5 Å². The smallest absolute Gasteiger partial charge is 0.246 e. The lowest BCUT2D eigenvalue weighted by atomic mass is 9.94. The topological polar surface area (TPSA) is 66.7 Å². The van der Waals surface area contributed by atoms with Gasteiger partial charge in [-0.3, -0.25) is 14.6 Å². The lowest BCUT2D eigenvalue weighted by molar-refractivity contribution is -0.140. The maximum Gasteiger partial charge on any atom is 0.246 e. The zero-order valence-electron chi connectivity index (χ0n) is 18.0. The second-order valence-electron chi connectivity index (χ2n) is 7.98. The van der Waals surface area contributed by atoms with Gasteiger partial charge in [0, 0.05) is 44.0 Å². The van der Waals surface area contributed by atoms with Crippen LogP contribution in [0, 0.1) is 5.92 Å². The summed E-state index contributed by atoms with van der Waals surface area (Å²) >= 11 is 0. The van der Waals surface area contributed by atoms with Gasteiger partial charge in [0.05, 0.1) is 12.8 Å². The Morgan fingerprint density at radius 3 is 2.53 bits per heavy atom. The molecular formula is C26H27N3O3. The van der Waals surface area contributed by atoms with Gasteiger partial charge in [-0.05, 0) is 48.2 Å². The molecule has 1 saturated heterocycles. The number of nitrogens with zero attached hydrogens (tertiary/aromatic N) is 3. The molecule has 2 aromatic heterocycles. The zero-order valence-corrected chi connectivity index (χ0v) is 18.0. The standard InChI is InChI=1S/C26H27N3O3/c30-25(11-10-21-6-2-1-3-7-21)28-15-12-23(13-16-28)26(31)29(20-24-9-5-17-32-24)19-22-8-4-14-27-18-22/h1-11,14,17-18,23H,12-13,15-16,19-20H2. The molecule has 0 radical (unpaired) electrons. The van der Waals surface area contributed by atoms with Crippen LogP contribution in [0.3, 0.4) is 0 Å². The first-order valence-electron chi connectivity index (χ1n) is 10.9. The molecule has 32 heavy (non-hydrogen) atoms. The van der Waals surface area contributed by atoms with Crippen molar-refractivity contribution in [2.24, 2.45) is 5.92 Å². The van der Waals surface area contributed by atoms with Crippen molar-refractivity contribution in [3.63, 3.8) is 0 Å². The van der Waals surface area contributed by atoms with Crippen molar-refractivity contribution >= 4 is 17.9 Å². The highest BCUT2D eigenvalue weighted by Gasteiger charge is 2.30. The van der Waals surface area contributed by atoms with E-state index < -0.39 is 0 Å². The molecule has 0 N–H and O–H groups in total. The number of furan rings is 1. The summed E-state index contributed by atoms with van der Waals surface area (Å²) in [6, 6.07) is 17.3. The molecular weight excluding hydrogens is 402 g/mol. The van der Waals surface area contributed by atoms with Gasteiger partial charge < -0.3 is 14.2 Å². The molecule has 1 aromatic carbocycles. The molecule has 0 unspecified atom stereocenters. The maximum atomic E-state index is 13.4. The van der Waals surface area contributed by atoms with Gasteiger partial charge in [-0.2, -0.15) is 0 Å². The Hall–Kier alpha value is -3.67. The fourth-order valence-electron chi connectivity index (χ4n) is 3.96.